The third kappa shape index (κ3) is 2.51. The number of halogens is 1. The van der Waals surface area contributed by atoms with Gasteiger partial charge in [0.25, 0.3) is 0 Å². The van der Waals surface area contributed by atoms with Crippen LogP contribution in [-0.2, 0) is 6.54 Å². The number of aromatic nitrogens is 2. The van der Waals surface area contributed by atoms with E-state index in [1.165, 1.54) is 0 Å². The van der Waals surface area contributed by atoms with Gasteiger partial charge in [0, 0.05) is 6.54 Å². The van der Waals surface area contributed by atoms with Crippen LogP contribution in [0, 0.1) is 11.3 Å². The predicted octanol–water partition coefficient (Wildman–Crippen LogP) is 3.33. The molecule has 0 spiro atoms. The van der Waals surface area contributed by atoms with E-state index in [9.17, 15) is 0 Å². The fraction of sp³-hybridized carbons (Fsp3) is 0.636. The van der Waals surface area contributed by atoms with E-state index in [1.807, 2.05) is 13.8 Å². The minimum absolute atomic E-state index is 0.236. The second kappa shape index (κ2) is 5.18. The van der Waals surface area contributed by atoms with Crippen LogP contribution in [0.3, 0.4) is 0 Å². The van der Waals surface area contributed by atoms with Crippen LogP contribution in [0.5, 0.6) is 0 Å². The summed E-state index contributed by atoms with van der Waals surface area (Å²) in [4.78, 5) is 0. The quantitative estimate of drug-likeness (QED) is 0.789. The Balaban J connectivity index is 3.05. The average molecular weight is 226 g/mol. The zero-order valence-electron chi connectivity index (χ0n) is 9.42. The van der Waals surface area contributed by atoms with Gasteiger partial charge in [-0.1, -0.05) is 38.8 Å². The van der Waals surface area contributed by atoms with Gasteiger partial charge in [-0.3, -0.25) is 4.68 Å². The number of unbranched alkanes of at least 4 members (excludes halogenated alkanes) is 1. The standard InChI is InChI=1S/C11H16ClN3/c1-4-5-6-15-11(12)9(7-13)10(14-15)8(2)3/h8H,4-6H2,1-3H3. The molecule has 0 fully saturated rings. The molecule has 0 unspecified atom stereocenters. The third-order valence-corrected chi connectivity index (χ3v) is 2.68. The van der Waals surface area contributed by atoms with Crippen LogP contribution in [0.25, 0.3) is 0 Å². The zero-order chi connectivity index (χ0) is 11.4. The number of nitrogens with zero attached hydrogens (tertiary/aromatic N) is 3. The Labute approximate surface area is 95.7 Å². The SMILES string of the molecule is CCCCn1nc(C(C)C)c(C#N)c1Cl. The van der Waals surface area contributed by atoms with Gasteiger partial charge < -0.3 is 0 Å². The maximum Gasteiger partial charge on any atom is 0.145 e. The highest BCUT2D eigenvalue weighted by molar-refractivity contribution is 6.30. The molecular formula is C11H16ClN3. The fourth-order valence-electron chi connectivity index (χ4n) is 1.42. The molecule has 3 nitrogen and oxygen atoms in total. The second-order valence-corrected chi connectivity index (χ2v) is 4.25. The summed E-state index contributed by atoms with van der Waals surface area (Å²) in [5.74, 6) is 0.236. The van der Waals surface area contributed by atoms with Crippen molar-refractivity contribution < 1.29 is 0 Å². The van der Waals surface area contributed by atoms with Gasteiger partial charge >= 0.3 is 0 Å². The first-order chi connectivity index (χ1) is 7.11. The molecule has 0 N–H and O–H groups in total. The van der Waals surface area contributed by atoms with Gasteiger partial charge in [-0.05, 0) is 12.3 Å². The normalized spacial score (nSPS) is 10.7. The van der Waals surface area contributed by atoms with E-state index in [4.69, 9.17) is 16.9 Å². The fourth-order valence-corrected chi connectivity index (χ4v) is 1.68. The molecule has 0 bridgehead atoms. The maximum atomic E-state index is 9.00. The summed E-state index contributed by atoms with van der Waals surface area (Å²) < 4.78 is 1.74. The molecular weight excluding hydrogens is 210 g/mol. The van der Waals surface area contributed by atoms with E-state index in [1.54, 1.807) is 4.68 Å². The molecule has 0 aliphatic rings. The summed E-state index contributed by atoms with van der Waals surface area (Å²) in [6.45, 7) is 6.94. The smallest absolute Gasteiger partial charge is 0.145 e. The Bertz CT molecular complexity index is 374. The Morgan fingerprint density at radius 1 is 1.53 bits per heavy atom. The topological polar surface area (TPSA) is 41.6 Å². The van der Waals surface area contributed by atoms with Crippen molar-refractivity contribution in [3.63, 3.8) is 0 Å². The molecule has 0 saturated heterocycles. The monoisotopic (exact) mass is 225 g/mol. The molecule has 0 aliphatic carbocycles. The first-order valence-electron chi connectivity index (χ1n) is 5.28. The summed E-state index contributed by atoms with van der Waals surface area (Å²) in [6, 6.07) is 2.13. The molecule has 1 aromatic heterocycles. The number of aryl methyl sites for hydroxylation is 1. The van der Waals surface area contributed by atoms with Crippen LogP contribution in [0.1, 0.15) is 50.8 Å². The molecule has 4 heteroatoms. The van der Waals surface area contributed by atoms with Crippen LogP contribution < -0.4 is 0 Å². The number of hydrogen-bond acceptors (Lipinski definition) is 2. The van der Waals surface area contributed by atoms with Gasteiger partial charge in [0.2, 0.25) is 0 Å². The highest BCUT2D eigenvalue weighted by Crippen LogP contribution is 2.25. The van der Waals surface area contributed by atoms with Crippen LogP contribution in [-0.4, -0.2) is 9.78 Å². The van der Waals surface area contributed by atoms with E-state index in [0.717, 1.165) is 25.1 Å². The van der Waals surface area contributed by atoms with Crippen molar-refractivity contribution in [2.24, 2.45) is 0 Å². The molecule has 15 heavy (non-hydrogen) atoms. The van der Waals surface area contributed by atoms with Gasteiger partial charge in [0.05, 0.1) is 5.69 Å². The van der Waals surface area contributed by atoms with Gasteiger partial charge in [-0.25, -0.2) is 0 Å². The van der Waals surface area contributed by atoms with Gasteiger partial charge in [0.1, 0.15) is 16.8 Å². The lowest BCUT2D eigenvalue weighted by atomic mass is 10.1. The van der Waals surface area contributed by atoms with Crippen LogP contribution in [0.4, 0.5) is 0 Å². The Morgan fingerprint density at radius 3 is 2.60 bits per heavy atom. The van der Waals surface area contributed by atoms with E-state index < -0.39 is 0 Å². The first-order valence-corrected chi connectivity index (χ1v) is 5.65. The molecule has 0 amide bonds. The maximum absolute atomic E-state index is 9.00. The Kier molecular flexibility index (Phi) is 4.16. The van der Waals surface area contributed by atoms with Crippen molar-refractivity contribution in [3.05, 3.63) is 16.4 Å². The van der Waals surface area contributed by atoms with Crippen molar-refractivity contribution >= 4 is 11.6 Å². The van der Waals surface area contributed by atoms with Gasteiger partial charge in [-0.15, -0.1) is 0 Å². The van der Waals surface area contributed by atoms with Crippen LogP contribution >= 0.6 is 11.6 Å². The number of hydrogen-bond donors (Lipinski definition) is 0. The Morgan fingerprint density at radius 2 is 2.20 bits per heavy atom. The summed E-state index contributed by atoms with van der Waals surface area (Å²) in [6.07, 6.45) is 2.12. The molecule has 82 valence electrons. The highest BCUT2D eigenvalue weighted by Gasteiger charge is 2.17. The largest absolute Gasteiger partial charge is 0.252 e. The van der Waals surface area contributed by atoms with E-state index in [-0.39, 0.29) is 5.92 Å². The number of rotatable bonds is 4. The van der Waals surface area contributed by atoms with Crippen LogP contribution in [0.15, 0.2) is 0 Å². The summed E-state index contributed by atoms with van der Waals surface area (Å²) in [7, 11) is 0. The van der Waals surface area contributed by atoms with Crippen molar-refractivity contribution in [1.82, 2.24) is 9.78 Å². The molecule has 0 radical (unpaired) electrons. The molecule has 0 aliphatic heterocycles. The van der Waals surface area contributed by atoms with Gasteiger partial charge in [0.15, 0.2) is 0 Å². The predicted molar refractivity (Wildman–Crippen MR) is 60.9 cm³/mol. The Hall–Kier alpha value is -1.01. The zero-order valence-corrected chi connectivity index (χ0v) is 10.2. The lowest BCUT2D eigenvalue weighted by Crippen LogP contribution is -2.01. The van der Waals surface area contributed by atoms with Crippen molar-refractivity contribution in [2.45, 2.75) is 46.1 Å². The molecule has 0 aromatic carbocycles. The average Bonchev–Trinajstić information content (AvgIpc) is 2.52. The van der Waals surface area contributed by atoms with Crippen LogP contribution in [0.2, 0.25) is 5.15 Å². The summed E-state index contributed by atoms with van der Waals surface area (Å²) in [5, 5.41) is 13.9. The number of nitriles is 1. The lowest BCUT2D eigenvalue weighted by molar-refractivity contribution is 0.561. The van der Waals surface area contributed by atoms with Crippen molar-refractivity contribution in [3.8, 4) is 6.07 Å². The van der Waals surface area contributed by atoms with E-state index in [0.29, 0.717) is 10.7 Å². The third-order valence-electron chi connectivity index (χ3n) is 2.30. The summed E-state index contributed by atoms with van der Waals surface area (Å²) >= 11 is 6.09. The van der Waals surface area contributed by atoms with E-state index >= 15 is 0 Å². The minimum atomic E-state index is 0.236. The lowest BCUT2D eigenvalue weighted by Gasteiger charge is -2.00. The second-order valence-electron chi connectivity index (χ2n) is 3.89. The van der Waals surface area contributed by atoms with Crippen molar-refractivity contribution in [2.75, 3.05) is 0 Å². The molecule has 1 heterocycles. The van der Waals surface area contributed by atoms with Crippen molar-refractivity contribution in [1.29, 1.82) is 5.26 Å². The van der Waals surface area contributed by atoms with Gasteiger partial charge in [-0.2, -0.15) is 10.4 Å². The minimum Gasteiger partial charge on any atom is -0.252 e. The first kappa shape index (κ1) is 12.1. The summed E-state index contributed by atoms with van der Waals surface area (Å²) in [5.41, 5.74) is 1.33. The van der Waals surface area contributed by atoms with E-state index in [2.05, 4.69) is 18.1 Å². The molecule has 0 saturated carbocycles. The molecule has 0 atom stereocenters. The molecule has 1 aromatic rings. The highest BCUT2D eigenvalue weighted by atomic mass is 35.5. The molecule has 1 rings (SSSR count).